The SMILES string of the molecule is Cc1c(-c2ccc(N3CCc4cccc(C(=O)Nc5nc6ccccc6s5)c4C3)nc2C(=O)O)cnn1CC12CC3(C)CC(C)(C1)CC(OCCNC(=O)[C@H](CC(=O)O)N(CCC(=O)O)C(=O)OCc1ccc(NC(=O)[C@H](CCCNC(N)=O)NC(=O)[C@@H](NC(=O)CCCCCN4C(=O)C=CC4O)C(C)C)cc1)(C3)C2. The summed E-state index contributed by atoms with van der Waals surface area (Å²) in [5.74, 6) is -7.08. The predicted molar refractivity (Wildman–Crippen MR) is 405 cm³/mol. The number of aliphatic hydroxyl groups is 1. The second-order valence-electron chi connectivity index (χ2n) is 30.8. The summed E-state index contributed by atoms with van der Waals surface area (Å²) in [6.45, 7) is 10.6. The molecule has 0 radical (unpaired) electrons. The number of hydrogen-bond acceptors (Lipinski definition) is 19. The van der Waals surface area contributed by atoms with E-state index in [0.29, 0.717) is 91.5 Å². The van der Waals surface area contributed by atoms with Gasteiger partial charge in [0.2, 0.25) is 29.5 Å². The number of hydrogen-bond donors (Lipinski definition) is 11. The molecule has 6 atom stereocenters. The fraction of sp³-hybridized carbons (Fsp3) is 0.487. The molecule has 4 aliphatic carbocycles. The summed E-state index contributed by atoms with van der Waals surface area (Å²) >= 11 is 1.39. The number of carbonyl (C=O) groups is 11. The zero-order valence-electron chi connectivity index (χ0n) is 62.3. The number of amides is 9. The van der Waals surface area contributed by atoms with Gasteiger partial charge in [0.15, 0.2) is 10.8 Å². The van der Waals surface area contributed by atoms with Crippen LogP contribution in [-0.4, -0.2) is 185 Å². The largest absolute Gasteiger partial charge is 0.481 e. The van der Waals surface area contributed by atoms with E-state index in [2.05, 4.69) is 50.7 Å². The van der Waals surface area contributed by atoms with Gasteiger partial charge in [-0.05, 0) is 165 Å². The lowest BCUT2D eigenvalue weighted by atomic mass is 9.39. The zero-order chi connectivity index (χ0) is 78.8. The molecule has 5 heterocycles. The standard InChI is InChI=1S/C78H96N14O17S/c1-46(2)65(87-60(93)18-7-6-10-31-91-61(94)25-26-62(91)95)70(103)84-56(16-12-29-81-72(79)106)68(101)83-50-21-19-48(20-22-50)38-108-74(107)90(33-28-63(96)97)57(35-64(98)99)69(102)80-30-34-109-78-42-75(4)39-76(5,43-78)41-77(40-75,44-78)45-92-47(3)53(36-82-92)51-23-24-59(86-66(51)71(104)105)89-32-27-49-13-11-14-52(54(49)37-89)67(100)88-73-85-55-15-8-9-17-58(55)110-73/h8-9,11,13-15,17,19-26,36,46,56-57,61,65,94H,6-7,10,12,16,18,27-35,37-45H2,1-5H3,(H,80,102)(H,83,101)(H,84,103)(H,87,93)(H,96,97)(H,98,99)(H,104,105)(H3,79,81,106)(H,85,88,100)/t56-,57-,61?,65-,75?,76?,77?,78?/m0/s1. The van der Waals surface area contributed by atoms with Gasteiger partial charge in [0, 0.05) is 86.4 Å². The van der Waals surface area contributed by atoms with Gasteiger partial charge in [0.25, 0.3) is 5.91 Å². The van der Waals surface area contributed by atoms with Crippen LogP contribution in [0.4, 0.5) is 26.2 Å². The molecule has 12 N–H and O–H groups in total. The molecular formula is C78H96N14O17S. The normalized spacial score (nSPS) is 21.0. The topological polar surface area (TPSA) is 439 Å². The molecule has 2 aliphatic heterocycles. The minimum Gasteiger partial charge on any atom is -0.481 e. The number of nitrogens with one attached hydrogen (secondary N) is 6. The molecule has 4 saturated carbocycles. The van der Waals surface area contributed by atoms with Crippen molar-refractivity contribution in [2.24, 2.45) is 27.9 Å². The number of primary amides is 1. The number of ether oxygens (including phenoxy) is 2. The third-order valence-corrected chi connectivity index (χ3v) is 22.3. The Bertz CT molecular complexity index is 4470. The lowest BCUT2D eigenvalue weighted by Crippen LogP contribution is -2.64. The third kappa shape index (κ3) is 19.6. The fourth-order valence-corrected chi connectivity index (χ4v) is 18.4. The van der Waals surface area contributed by atoms with E-state index in [9.17, 15) is 73.2 Å². The number of benzene rings is 3. The number of nitrogens with two attached hydrogens (primary N) is 1. The number of pyridine rings is 1. The Balaban J connectivity index is 0.689. The summed E-state index contributed by atoms with van der Waals surface area (Å²) in [6.07, 6.45) is 8.04. The van der Waals surface area contributed by atoms with Gasteiger partial charge in [-0.25, -0.2) is 24.4 Å². The van der Waals surface area contributed by atoms with E-state index in [1.54, 1.807) is 32.2 Å². The van der Waals surface area contributed by atoms with E-state index in [1.165, 1.54) is 52.7 Å². The van der Waals surface area contributed by atoms with E-state index < -0.39 is 116 Å². The van der Waals surface area contributed by atoms with Gasteiger partial charge >= 0.3 is 30.0 Å². The van der Waals surface area contributed by atoms with Crippen molar-refractivity contribution in [1.82, 2.24) is 50.8 Å². The van der Waals surface area contributed by atoms with Gasteiger partial charge in [-0.15, -0.1) is 0 Å². The molecule has 9 amide bonds. The number of aromatic carboxylic acids is 1. The van der Waals surface area contributed by atoms with Crippen molar-refractivity contribution in [3.8, 4) is 11.1 Å². The number of fused-ring (bicyclic) bond motifs is 2. The second-order valence-corrected chi connectivity index (χ2v) is 31.9. The summed E-state index contributed by atoms with van der Waals surface area (Å²) in [4.78, 5) is 157. The number of aromatic nitrogens is 4. The van der Waals surface area contributed by atoms with Crippen LogP contribution in [0.15, 0.2) is 97.2 Å². The van der Waals surface area contributed by atoms with Crippen LogP contribution in [0.1, 0.15) is 161 Å². The van der Waals surface area contributed by atoms with E-state index >= 15 is 0 Å². The average molecular weight is 1530 g/mol. The van der Waals surface area contributed by atoms with Gasteiger partial charge in [0.1, 0.15) is 36.8 Å². The molecule has 31 nitrogen and oxygen atoms in total. The lowest BCUT2D eigenvalue weighted by molar-refractivity contribution is -0.247. The molecule has 3 aromatic heterocycles. The van der Waals surface area contributed by atoms with Crippen molar-refractivity contribution in [2.75, 3.05) is 54.9 Å². The maximum absolute atomic E-state index is 14.2. The molecular weight excluding hydrogens is 1440 g/mol. The minimum absolute atomic E-state index is 0.0171. The van der Waals surface area contributed by atoms with Crippen molar-refractivity contribution in [2.45, 2.75) is 181 Å². The number of aliphatic hydroxyl groups excluding tert-OH is 1. The molecule has 32 heteroatoms. The first-order chi connectivity index (χ1) is 52.4. The summed E-state index contributed by atoms with van der Waals surface area (Å²) < 4.78 is 15.4. The molecule has 110 heavy (non-hydrogen) atoms. The number of thiazole rings is 1. The molecule has 3 aromatic carbocycles. The Hall–Kier alpha value is -10.9. The molecule has 586 valence electrons. The summed E-state index contributed by atoms with van der Waals surface area (Å²) in [6, 6.07) is 18.2. The number of rotatable bonds is 36. The number of urea groups is 1. The first-order valence-electron chi connectivity index (χ1n) is 37.2. The molecule has 6 aliphatic rings. The van der Waals surface area contributed by atoms with Crippen LogP contribution in [0.25, 0.3) is 21.3 Å². The monoisotopic (exact) mass is 1530 g/mol. The lowest BCUT2D eigenvalue weighted by Gasteiger charge is -2.69. The number of carboxylic acid groups (broad SMARTS) is 3. The van der Waals surface area contributed by atoms with E-state index in [0.717, 1.165) is 64.0 Å². The Kier molecular flexibility index (Phi) is 25.0. The highest BCUT2D eigenvalue weighted by atomic mass is 32.1. The smallest absolute Gasteiger partial charge is 0.410 e. The van der Waals surface area contributed by atoms with E-state index in [4.69, 9.17) is 25.3 Å². The molecule has 0 saturated heterocycles. The number of carboxylic acids is 3. The number of aliphatic carboxylic acids is 2. The summed E-state index contributed by atoms with van der Waals surface area (Å²) in [7, 11) is 0. The zero-order valence-corrected chi connectivity index (χ0v) is 63.1. The highest BCUT2D eigenvalue weighted by Gasteiger charge is 2.66. The number of carbonyl (C=O) groups excluding carboxylic acids is 8. The Morgan fingerprint density at radius 2 is 1.53 bits per heavy atom. The van der Waals surface area contributed by atoms with Crippen LogP contribution in [0.2, 0.25) is 0 Å². The third-order valence-electron chi connectivity index (χ3n) is 21.4. The van der Waals surface area contributed by atoms with Crippen molar-refractivity contribution in [3.63, 3.8) is 0 Å². The van der Waals surface area contributed by atoms with Gasteiger partial charge in [-0.1, -0.05) is 81.9 Å². The van der Waals surface area contributed by atoms with Crippen LogP contribution in [0.3, 0.4) is 0 Å². The number of nitrogens with zero attached hydrogens (tertiary/aromatic N) is 7. The molecule has 6 aromatic rings. The first kappa shape index (κ1) is 80.2. The summed E-state index contributed by atoms with van der Waals surface area (Å²) in [5.41, 5.74) is 9.47. The highest BCUT2D eigenvalue weighted by Crippen LogP contribution is 2.72. The maximum Gasteiger partial charge on any atom is 0.410 e. The highest BCUT2D eigenvalue weighted by molar-refractivity contribution is 7.22. The second kappa shape index (κ2) is 34.4. The Labute approximate surface area is 639 Å². The van der Waals surface area contributed by atoms with Crippen LogP contribution in [-0.2, 0) is 69.2 Å². The Morgan fingerprint density at radius 3 is 2.22 bits per heavy atom. The van der Waals surface area contributed by atoms with Crippen LogP contribution in [0, 0.1) is 29.1 Å². The Morgan fingerprint density at radius 1 is 0.773 bits per heavy atom. The van der Waals surface area contributed by atoms with Crippen molar-refractivity contribution in [3.05, 3.63) is 131 Å². The van der Waals surface area contributed by atoms with Gasteiger partial charge in [0.05, 0.1) is 41.5 Å². The molecule has 3 unspecified atom stereocenters. The van der Waals surface area contributed by atoms with Crippen LogP contribution < -0.4 is 42.5 Å². The van der Waals surface area contributed by atoms with Gasteiger partial charge in [-0.3, -0.25) is 53.3 Å². The van der Waals surface area contributed by atoms with Crippen LogP contribution >= 0.6 is 11.3 Å². The summed E-state index contributed by atoms with van der Waals surface area (Å²) in [5, 5.41) is 62.4. The van der Waals surface area contributed by atoms with Crippen molar-refractivity contribution < 1.29 is 82.6 Å². The number of anilines is 3. The van der Waals surface area contributed by atoms with Gasteiger partial charge in [-0.2, -0.15) is 5.10 Å². The van der Waals surface area contributed by atoms with Crippen LogP contribution in [0.5, 0.6) is 0 Å². The molecule has 4 bridgehead atoms. The molecule has 4 fully saturated rings. The molecule has 0 spiro atoms. The number of para-hydroxylation sites is 1. The minimum atomic E-state index is -1.71. The fourth-order valence-electron chi connectivity index (χ4n) is 17.5. The molecule has 12 rings (SSSR count). The van der Waals surface area contributed by atoms with Gasteiger partial charge < -0.3 is 72.0 Å². The predicted octanol–water partition coefficient (Wildman–Crippen LogP) is 7.88. The number of unbranched alkanes of at least 4 members (excludes halogenated alkanes) is 2. The first-order valence-corrected chi connectivity index (χ1v) is 38.0. The maximum atomic E-state index is 14.2. The van der Waals surface area contributed by atoms with E-state index in [-0.39, 0.29) is 78.4 Å². The average Bonchev–Trinajstić information content (AvgIpc) is 0.726. The quantitative estimate of drug-likeness (QED) is 0.0167. The van der Waals surface area contributed by atoms with Crippen molar-refractivity contribution in [1.29, 1.82) is 0 Å². The van der Waals surface area contributed by atoms with Crippen molar-refractivity contribution >= 4 is 104 Å². The van der Waals surface area contributed by atoms with E-state index in [1.807, 2.05) is 59.0 Å².